The number of fused-ring (bicyclic) bond motifs is 1. The first-order valence-electron chi connectivity index (χ1n) is 6.80. The lowest BCUT2D eigenvalue weighted by atomic mass is 10.2. The number of hydrogen-bond acceptors (Lipinski definition) is 4. The Balaban J connectivity index is 1.90. The molecule has 2 nitrogen and oxygen atoms in total. The number of hydrogen-bond donors (Lipinski definition) is 0. The lowest BCUT2D eigenvalue weighted by Gasteiger charge is -2.04. The average molecular weight is 335 g/mol. The van der Waals surface area contributed by atoms with Crippen molar-refractivity contribution in [3.8, 4) is 0 Å². The number of aryl methyl sites for hydroxylation is 2. The highest BCUT2D eigenvalue weighted by Gasteiger charge is 2.11. The molecule has 108 valence electrons. The van der Waals surface area contributed by atoms with Crippen molar-refractivity contribution in [1.82, 2.24) is 9.97 Å². The maximum atomic E-state index is 6.05. The Morgan fingerprint density at radius 1 is 1.24 bits per heavy atom. The van der Waals surface area contributed by atoms with Crippen molar-refractivity contribution in [2.75, 3.05) is 0 Å². The largest absolute Gasteiger partial charge is 0.224 e. The Hall–Kier alpha value is -1.10. The van der Waals surface area contributed by atoms with E-state index in [0.717, 1.165) is 27.4 Å². The Morgan fingerprint density at radius 3 is 2.86 bits per heavy atom. The van der Waals surface area contributed by atoms with Crippen LogP contribution in [-0.4, -0.2) is 9.97 Å². The molecular weight excluding hydrogens is 320 g/mol. The second-order valence-corrected chi connectivity index (χ2v) is 7.28. The number of nitrogens with zero attached hydrogens (tertiary/aromatic N) is 2. The van der Waals surface area contributed by atoms with E-state index in [1.54, 1.807) is 23.1 Å². The summed E-state index contributed by atoms with van der Waals surface area (Å²) in [7, 11) is 0. The predicted octanol–water partition coefficient (Wildman–Crippen LogP) is 5.51. The van der Waals surface area contributed by atoms with Gasteiger partial charge in [-0.05, 0) is 36.6 Å². The minimum Gasteiger partial charge on any atom is -0.211 e. The zero-order chi connectivity index (χ0) is 14.8. The normalized spacial score (nSPS) is 11.2. The Kier molecular flexibility index (Phi) is 4.48. The summed E-state index contributed by atoms with van der Waals surface area (Å²) in [5, 5.41) is 2.43. The first-order valence-corrected chi connectivity index (χ1v) is 8.98. The molecule has 0 saturated heterocycles. The van der Waals surface area contributed by atoms with E-state index in [1.807, 2.05) is 0 Å². The molecule has 0 aliphatic carbocycles. The molecule has 5 heteroatoms. The molecule has 0 amide bonds. The van der Waals surface area contributed by atoms with Gasteiger partial charge in [0.1, 0.15) is 9.86 Å². The van der Waals surface area contributed by atoms with E-state index >= 15 is 0 Å². The van der Waals surface area contributed by atoms with E-state index < -0.39 is 0 Å². The average Bonchev–Trinajstić information content (AvgIpc) is 2.87. The van der Waals surface area contributed by atoms with Gasteiger partial charge in [-0.3, -0.25) is 0 Å². The van der Waals surface area contributed by atoms with Crippen LogP contribution in [0.3, 0.4) is 0 Å². The molecule has 1 aromatic carbocycles. The van der Waals surface area contributed by atoms with Gasteiger partial charge in [-0.15, -0.1) is 23.1 Å². The highest BCUT2D eigenvalue weighted by molar-refractivity contribution is 7.98. The maximum absolute atomic E-state index is 6.05. The second-order valence-electron chi connectivity index (χ2n) is 4.86. The van der Waals surface area contributed by atoms with Crippen molar-refractivity contribution in [3.05, 3.63) is 51.6 Å². The molecule has 0 N–H and O–H groups in total. The first kappa shape index (κ1) is 14.8. The Bertz CT molecular complexity index is 783. The SMILES string of the molecule is CCc1cc2c(SCc3cccc(C)c3)nc(Cl)nc2s1. The van der Waals surface area contributed by atoms with Crippen LogP contribution in [0.4, 0.5) is 0 Å². The van der Waals surface area contributed by atoms with Crippen molar-refractivity contribution in [2.45, 2.75) is 31.0 Å². The maximum Gasteiger partial charge on any atom is 0.224 e. The quantitative estimate of drug-likeness (QED) is 0.357. The molecule has 3 rings (SSSR count). The van der Waals surface area contributed by atoms with Gasteiger partial charge >= 0.3 is 0 Å². The molecule has 0 atom stereocenters. The van der Waals surface area contributed by atoms with Crippen molar-refractivity contribution in [2.24, 2.45) is 0 Å². The smallest absolute Gasteiger partial charge is 0.211 e. The third kappa shape index (κ3) is 3.39. The molecule has 3 aromatic rings. The lowest BCUT2D eigenvalue weighted by Crippen LogP contribution is -1.88. The van der Waals surface area contributed by atoms with Crippen LogP contribution in [0.1, 0.15) is 22.9 Å². The predicted molar refractivity (Wildman–Crippen MR) is 92.5 cm³/mol. The summed E-state index contributed by atoms with van der Waals surface area (Å²) in [6.07, 6.45) is 1.01. The monoisotopic (exact) mass is 334 g/mol. The minimum atomic E-state index is 0.332. The summed E-state index contributed by atoms with van der Waals surface area (Å²) < 4.78 is 0. The van der Waals surface area contributed by atoms with E-state index in [-0.39, 0.29) is 0 Å². The van der Waals surface area contributed by atoms with E-state index in [0.29, 0.717) is 5.28 Å². The summed E-state index contributed by atoms with van der Waals surface area (Å²) in [6.45, 7) is 4.26. The van der Waals surface area contributed by atoms with Gasteiger partial charge in [-0.25, -0.2) is 9.97 Å². The molecule has 0 fully saturated rings. The van der Waals surface area contributed by atoms with E-state index in [1.165, 1.54) is 16.0 Å². The number of rotatable bonds is 4. The lowest BCUT2D eigenvalue weighted by molar-refractivity contribution is 1.11. The molecule has 0 aliphatic rings. The summed E-state index contributed by atoms with van der Waals surface area (Å²) >= 11 is 9.48. The number of aromatic nitrogens is 2. The van der Waals surface area contributed by atoms with E-state index in [4.69, 9.17) is 11.6 Å². The zero-order valence-corrected chi connectivity index (χ0v) is 14.3. The van der Waals surface area contributed by atoms with Crippen LogP contribution < -0.4 is 0 Å². The van der Waals surface area contributed by atoms with E-state index in [9.17, 15) is 0 Å². The van der Waals surface area contributed by atoms with Crippen LogP contribution in [0.25, 0.3) is 10.2 Å². The third-order valence-corrected chi connectivity index (χ3v) is 5.59. The number of halogens is 1. The fourth-order valence-electron chi connectivity index (χ4n) is 2.16. The molecule has 0 saturated carbocycles. The van der Waals surface area contributed by atoms with Gasteiger partial charge in [0.15, 0.2) is 0 Å². The fourth-order valence-corrected chi connectivity index (χ4v) is 4.40. The van der Waals surface area contributed by atoms with Crippen LogP contribution in [0, 0.1) is 6.92 Å². The Labute approximate surface area is 137 Å². The van der Waals surface area contributed by atoms with Crippen LogP contribution in [0.2, 0.25) is 5.28 Å². The number of benzene rings is 1. The van der Waals surface area contributed by atoms with Crippen LogP contribution in [0.5, 0.6) is 0 Å². The summed E-state index contributed by atoms with van der Waals surface area (Å²) in [4.78, 5) is 11.0. The summed E-state index contributed by atoms with van der Waals surface area (Å²) in [6, 6.07) is 10.7. The second kappa shape index (κ2) is 6.34. The van der Waals surface area contributed by atoms with Gasteiger partial charge < -0.3 is 0 Å². The summed E-state index contributed by atoms with van der Waals surface area (Å²) in [5.74, 6) is 0.890. The van der Waals surface area contributed by atoms with Crippen LogP contribution in [-0.2, 0) is 12.2 Å². The van der Waals surface area contributed by atoms with Gasteiger partial charge in [0.25, 0.3) is 0 Å². The highest BCUT2D eigenvalue weighted by Crippen LogP contribution is 2.34. The molecule has 0 radical (unpaired) electrons. The van der Waals surface area contributed by atoms with Gasteiger partial charge in [0.05, 0.1) is 0 Å². The topological polar surface area (TPSA) is 25.8 Å². The van der Waals surface area contributed by atoms with Crippen LogP contribution in [0.15, 0.2) is 35.4 Å². The molecular formula is C16H15ClN2S2. The summed E-state index contributed by atoms with van der Waals surface area (Å²) in [5.41, 5.74) is 2.58. The van der Waals surface area contributed by atoms with Gasteiger partial charge in [-0.1, -0.05) is 36.8 Å². The molecule has 0 bridgehead atoms. The minimum absolute atomic E-state index is 0.332. The molecule has 2 heterocycles. The molecule has 0 aliphatic heterocycles. The molecule has 21 heavy (non-hydrogen) atoms. The molecule has 2 aromatic heterocycles. The van der Waals surface area contributed by atoms with Crippen molar-refractivity contribution >= 4 is 44.9 Å². The molecule has 0 unspecified atom stereocenters. The van der Waals surface area contributed by atoms with Crippen molar-refractivity contribution < 1.29 is 0 Å². The third-order valence-electron chi connectivity index (χ3n) is 3.19. The van der Waals surface area contributed by atoms with Crippen molar-refractivity contribution in [3.63, 3.8) is 0 Å². The fraction of sp³-hybridized carbons (Fsp3) is 0.250. The Morgan fingerprint density at radius 2 is 2.10 bits per heavy atom. The van der Waals surface area contributed by atoms with Crippen LogP contribution >= 0.6 is 34.7 Å². The first-order chi connectivity index (χ1) is 10.2. The number of thioether (sulfide) groups is 1. The molecule has 0 spiro atoms. The van der Waals surface area contributed by atoms with E-state index in [2.05, 4.69) is 54.1 Å². The van der Waals surface area contributed by atoms with Gasteiger partial charge in [0, 0.05) is 16.0 Å². The van der Waals surface area contributed by atoms with Gasteiger partial charge in [0.2, 0.25) is 5.28 Å². The zero-order valence-electron chi connectivity index (χ0n) is 11.9. The highest BCUT2D eigenvalue weighted by atomic mass is 35.5. The van der Waals surface area contributed by atoms with Gasteiger partial charge in [-0.2, -0.15) is 0 Å². The standard InChI is InChI=1S/C16H15ClN2S2/c1-3-12-8-13-14(18-16(17)19-15(13)21-12)20-9-11-6-4-5-10(2)7-11/h4-8H,3,9H2,1-2H3. The van der Waals surface area contributed by atoms with Crippen molar-refractivity contribution in [1.29, 1.82) is 0 Å². The number of thiophene rings is 1.